The minimum Gasteiger partial charge on any atom is -0.336 e. The number of hydrogen-bond acceptors (Lipinski definition) is 8. The number of piperazine rings is 1. The second-order valence-corrected chi connectivity index (χ2v) is 7.90. The van der Waals surface area contributed by atoms with Gasteiger partial charge in [0, 0.05) is 61.5 Å². The highest BCUT2D eigenvalue weighted by molar-refractivity contribution is 7.15. The lowest BCUT2D eigenvalue weighted by atomic mass is 10.1. The molecule has 0 radical (unpaired) electrons. The van der Waals surface area contributed by atoms with E-state index in [0.717, 1.165) is 24.3 Å². The molecule has 1 amide bonds. The molecule has 1 aromatic carbocycles. The van der Waals surface area contributed by atoms with Gasteiger partial charge in [-0.15, -0.1) is 21.5 Å². The fourth-order valence-electron chi connectivity index (χ4n) is 3.54. The van der Waals surface area contributed by atoms with Crippen molar-refractivity contribution in [3.63, 3.8) is 0 Å². The van der Waals surface area contributed by atoms with Crippen LogP contribution in [0.2, 0.25) is 0 Å². The van der Waals surface area contributed by atoms with Gasteiger partial charge in [-0.3, -0.25) is 18.9 Å². The second-order valence-electron chi connectivity index (χ2n) is 7.02. The lowest BCUT2D eigenvalue weighted by Gasteiger charge is -2.34. The highest BCUT2D eigenvalue weighted by Gasteiger charge is 2.23. The number of aromatic amines is 1. The molecule has 11 heteroatoms. The van der Waals surface area contributed by atoms with Gasteiger partial charge in [0.1, 0.15) is 0 Å². The van der Waals surface area contributed by atoms with Crippen molar-refractivity contribution in [1.29, 1.82) is 0 Å². The third kappa shape index (κ3) is 3.60. The summed E-state index contributed by atoms with van der Waals surface area (Å²) >= 11 is 1.45. The predicted molar refractivity (Wildman–Crippen MR) is 110 cm³/mol. The molecular formula is C19H18N8O2S. The minimum atomic E-state index is -0.0608. The van der Waals surface area contributed by atoms with Crippen LogP contribution >= 0.6 is 11.3 Å². The van der Waals surface area contributed by atoms with Crippen LogP contribution in [0.15, 0.2) is 46.7 Å². The summed E-state index contributed by atoms with van der Waals surface area (Å²) in [5.41, 5.74) is 2.14. The van der Waals surface area contributed by atoms with Crippen molar-refractivity contribution in [2.45, 2.75) is 6.54 Å². The largest absolute Gasteiger partial charge is 0.336 e. The van der Waals surface area contributed by atoms with Crippen molar-refractivity contribution in [3.05, 3.63) is 63.5 Å². The van der Waals surface area contributed by atoms with Crippen molar-refractivity contribution in [3.8, 4) is 11.4 Å². The van der Waals surface area contributed by atoms with Gasteiger partial charge < -0.3 is 4.90 Å². The first-order valence-corrected chi connectivity index (χ1v) is 10.4. The number of nitrogens with one attached hydrogen (secondary N) is 1. The van der Waals surface area contributed by atoms with Crippen LogP contribution in [-0.2, 0) is 6.54 Å². The third-order valence-corrected chi connectivity index (χ3v) is 5.89. The number of benzene rings is 1. The first-order chi connectivity index (χ1) is 14.7. The molecule has 0 saturated carbocycles. The number of tetrazole rings is 1. The molecule has 0 atom stereocenters. The Morgan fingerprint density at radius 1 is 1.13 bits per heavy atom. The van der Waals surface area contributed by atoms with Crippen molar-refractivity contribution in [1.82, 2.24) is 39.8 Å². The Kier molecular flexibility index (Phi) is 4.81. The maximum Gasteiger partial charge on any atom is 0.258 e. The van der Waals surface area contributed by atoms with Crippen LogP contribution in [0, 0.1) is 0 Å². The summed E-state index contributed by atoms with van der Waals surface area (Å²) in [5, 5.41) is 15.7. The van der Waals surface area contributed by atoms with Crippen LogP contribution in [0.25, 0.3) is 16.3 Å². The molecule has 3 aromatic heterocycles. The van der Waals surface area contributed by atoms with E-state index >= 15 is 0 Å². The maximum atomic E-state index is 12.8. The fourth-order valence-corrected chi connectivity index (χ4v) is 4.27. The monoisotopic (exact) mass is 422 g/mol. The maximum absolute atomic E-state index is 12.8. The van der Waals surface area contributed by atoms with Crippen LogP contribution in [0.1, 0.15) is 16.1 Å². The van der Waals surface area contributed by atoms with E-state index in [0.29, 0.717) is 36.0 Å². The van der Waals surface area contributed by atoms with Gasteiger partial charge in [-0.1, -0.05) is 12.1 Å². The van der Waals surface area contributed by atoms with Crippen LogP contribution in [0.5, 0.6) is 0 Å². The van der Waals surface area contributed by atoms with Gasteiger partial charge in [0.05, 0.1) is 5.69 Å². The van der Waals surface area contributed by atoms with E-state index in [1.54, 1.807) is 28.8 Å². The van der Waals surface area contributed by atoms with E-state index in [-0.39, 0.29) is 11.5 Å². The van der Waals surface area contributed by atoms with Crippen LogP contribution < -0.4 is 5.56 Å². The van der Waals surface area contributed by atoms with E-state index in [1.807, 2.05) is 22.4 Å². The smallest absolute Gasteiger partial charge is 0.258 e. The Morgan fingerprint density at radius 2 is 1.93 bits per heavy atom. The van der Waals surface area contributed by atoms with Gasteiger partial charge in [-0.2, -0.15) is 5.21 Å². The SMILES string of the molecule is O=C(c1ccc(-c2nn[nH]n2)cc1)N1CCN(Cc2cc(=O)n3ccsc3n2)CC1. The van der Waals surface area contributed by atoms with E-state index in [2.05, 4.69) is 30.5 Å². The van der Waals surface area contributed by atoms with E-state index in [4.69, 9.17) is 0 Å². The van der Waals surface area contributed by atoms with Crippen molar-refractivity contribution in [2.75, 3.05) is 26.2 Å². The number of hydrogen-bond donors (Lipinski definition) is 1. The first-order valence-electron chi connectivity index (χ1n) is 9.49. The molecule has 0 unspecified atom stereocenters. The first kappa shape index (κ1) is 18.6. The molecular weight excluding hydrogens is 404 g/mol. The zero-order chi connectivity index (χ0) is 20.5. The number of thiazole rings is 1. The van der Waals surface area contributed by atoms with Gasteiger partial charge in [0.2, 0.25) is 5.82 Å². The predicted octanol–water partition coefficient (Wildman–Crippen LogP) is 0.894. The van der Waals surface area contributed by atoms with E-state index in [1.165, 1.54) is 11.3 Å². The normalized spacial score (nSPS) is 15.0. The molecule has 30 heavy (non-hydrogen) atoms. The van der Waals surface area contributed by atoms with Gasteiger partial charge in [-0.25, -0.2) is 4.98 Å². The minimum absolute atomic E-state index is 0.00527. The molecule has 1 fully saturated rings. The number of carbonyl (C=O) groups excluding carboxylic acids is 1. The average molecular weight is 422 g/mol. The molecule has 4 aromatic rings. The van der Waals surface area contributed by atoms with Gasteiger partial charge in [0.15, 0.2) is 4.96 Å². The number of carbonyl (C=O) groups is 1. The molecule has 5 rings (SSSR count). The Labute approximate surface area is 174 Å². The van der Waals surface area contributed by atoms with Crippen LogP contribution in [0.4, 0.5) is 0 Å². The standard InChI is InChI=1S/C19H18N8O2S/c28-16-11-15(20-19-27(16)9-10-30-19)12-25-5-7-26(8-6-25)18(29)14-3-1-13(2-4-14)17-21-23-24-22-17/h1-4,9-11H,5-8,12H2,(H,21,22,23,24). The highest BCUT2D eigenvalue weighted by atomic mass is 32.1. The van der Waals surface area contributed by atoms with E-state index < -0.39 is 0 Å². The Balaban J connectivity index is 1.21. The number of amides is 1. The third-order valence-electron chi connectivity index (χ3n) is 5.14. The molecule has 1 N–H and O–H groups in total. The Hall–Kier alpha value is -3.44. The average Bonchev–Trinajstić information content (AvgIpc) is 3.46. The number of aromatic nitrogens is 6. The molecule has 0 spiro atoms. The van der Waals surface area contributed by atoms with E-state index in [9.17, 15) is 9.59 Å². The molecule has 1 aliphatic heterocycles. The number of H-pyrrole nitrogens is 1. The molecule has 1 aliphatic rings. The van der Waals surface area contributed by atoms with Gasteiger partial charge in [0.25, 0.3) is 11.5 Å². The van der Waals surface area contributed by atoms with Crippen molar-refractivity contribution in [2.24, 2.45) is 0 Å². The lowest BCUT2D eigenvalue weighted by Crippen LogP contribution is -2.48. The number of nitrogens with zero attached hydrogens (tertiary/aromatic N) is 7. The number of fused-ring (bicyclic) bond motifs is 1. The van der Waals surface area contributed by atoms with Gasteiger partial charge >= 0.3 is 0 Å². The molecule has 0 bridgehead atoms. The van der Waals surface area contributed by atoms with Crippen LogP contribution in [-0.4, -0.2) is 71.9 Å². The summed E-state index contributed by atoms with van der Waals surface area (Å²) in [7, 11) is 0. The quantitative estimate of drug-likeness (QED) is 0.520. The molecule has 10 nitrogen and oxygen atoms in total. The summed E-state index contributed by atoms with van der Waals surface area (Å²) in [6, 6.07) is 8.79. The fraction of sp³-hybridized carbons (Fsp3) is 0.263. The lowest BCUT2D eigenvalue weighted by molar-refractivity contribution is 0.0627. The number of rotatable bonds is 4. The molecule has 0 aliphatic carbocycles. The zero-order valence-corrected chi connectivity index (χ0v) is 16.7. The van der Waals surface area contributed by atoms with Crippen LogP contribution in [0.3, 0.4) is 0 Å². The molecule has 1 saturated heterocycles. The van der Waals surface area contributed by atoms with Crippen molar-refractivity contribution >= 4 is 22.2 Å². The summed E-state index contributed by atoms with van der Waals surface area (Å²) in [4.78, 5) is 34.3. The highest BCUT2D eigenvalue weighted by Crippen LogP contribution is 2.16. The summed E-state index contributed by atoms with van der Waals surface area (Å²) in [6.45, 7) is 3.33. The summed E-state index contributed by atoms with van der Waals surface area (Å²) in [6.07, 6.45) is 1.73. The zero-order valence-electron chi connectivity index (χ0n) is 15.9. The molecule has 152 valence electrons. The Bertz CT molecular complexity index is 1220. The Morgan fingerprint density at radius 3 is 2.67 bits per heavy atom. The summed E-state index contributed by atoms with van der Waals surface area (Å²) < 4.78 is 1.55. The summed E-state index contributed by atoms with van der Waals surface area (Å²) in [5.74, 6) is 0.502. The second kappa shape index (κ2) is 7.76. The van der Waals surface area contributed by atoms with Gasteiger partial charge in [-0.05, 0) is 17.3 Å². The van der Waals surface area contributed by atoms with Crippen molar-refractivity contribution < 1.29 is 4.79 Å². The molecule has 4 heterocycles. The topological polar surface area (TPSA) is 112 Å².